The number of unbranched alkanes of at least 4 members (excludes halogenated alkanes) is 8. The average Bonchev–Trinajstić information content (AvgIpc) is 3.71. The van der Waals surface area contributed by atoms with Crippen molar-refractivity contribution < 1.29 is 23.2 Å². The van der Waals surface area contributed by atoms with Crippen molar-refractivity contribution in [2.75, 3.05) is 0 Å². The van der Waals surface area contributed by atoms with Gasteiger partial charge in [-0.3, -0.25) is 0 Å². The molecule has 54 heavy (non-hydrogen) atoms. The molecule has 1 heterocycles. The summed E-state index contributed by atoms with van der Waals surface area (Å²) in [7, 11) is -2.21. The maximum absolute atomic E-state index is 2.79. The SMILES string of the molecule is CCCCCCC1=C2c3c(-c4ccc(CCCC)cc4)cccc3[CH]1[Zr][CH]1C(CCCCCC)=C(c3c(-c4ccc(CCCC)cc4)cccc31)[Si]2(C)C. The van der Waals surface area contributed by atoms with E-state index in [2.05, 4.69) is 126 Å². The third-order valence-electron chi connectivity index (χ3n) is 13.0. The zero-order chi connectivity index (χ0) is 37.7. The van der Waals surface area contributed by atoms with E-state index in [9.17, 15) is 0 Å². The molecule has 0 nitrogen and oxygen atoms in total. The van der Waals surface area contributed by atoms with Gasteiger partial charge in [-0.05, 0) is 0 Å². The van der Waals surface area contributed by atoms with E-state index >= 15 is 0 Å². The van der Waals surface area contributed by atoms with Gasteiger partial charge in [-0.2, -0.15) is 0 Å². The first-order chi connectivity index (χ1) is 26.4. The first-order valence-electron chi connectivity index (χ1n) is 22.1. The standard InChI is InChI=1S/C52H66Si.Zr/c1-7-11-15-17-23-45-37-43-25-19-27-47(41-33-29-39(30-34-41)21-13-9-3)49(43)51(45)53(5,6)52-46(24-18-16-12-8-2)38-44-26-20-28-48(50(44)52)42-35-31-40(32-36-42)22-14-10-4;/h19-20,25-38H,7-18,21-24H2,1-6H3;. The maximum atomic E-state index is 2.79. The van der Waals surface area contributed by atoms with Crippen molar-refractivity contribution in [2.45, 2.75) is 151 Å². The van der Waals surface area contributed by atoms with Crippen molar-refractivity contribution in [3.63, 3.8) is 0 Å². The van der Waals surface area contributed by atoms with Crippen LogP contribution in [0.1, 0.15) is 158 Å². The molecule has 4 bridgehead atoms. The molecule has 2 aliphatic carbocycles. The van der Waals surface area contributed by atoms with E-state index in [4.69, 9.17) is 0 Å². The van der Waals surface area contributed by atoms with Crippen molar-refractivity contribution in [1.29, 1.82) is 0 Å². The van der Waals surface area contributed by atoms with Crippen LogP contribution in [0, 0.1) is 0 Å². The predicted octanol–water partition coefficient (Wildman–Crippen LogP) is 15.8. The number of hydrogen-bond donors (Lipinski definition) is 0. The molecule has 2 unspecified atom stereocenters. The fraction of sp³-hybridized carbons (Fsp3) is 0.462. The number of fused-ring (bicyclic) bond motifs is 8. The third-order valence-corrected chi connectivity index (χ3v) is 21.5. The molecule has 0 amide bonds. The van der Waals surface area contributed by atoms with E-state index in [0.717, 1.165) is 0 Å². The van der Waals surface area contributed by atoms with Crippen LogP contribution in [0.5, 0.6) is 0 Å². The van der Waals surface area contributed by atoms with E-state index in [1.165, 1.54) is 136 Å². The molecule has 2 heteroatoms. The summed E-state index contributed by atoms with van der Waals surface area (Å²) >= 11 is -1.00. The Bertz CT molecular complexity index is 1820. The molecule has 4 aromatic rings. The Morgan fingerprint density at radius 3 is 1.24 bits per heavy atom. The van der Waals surface area contributed by atoms with Gasteiger partial charge in [0.25, 0.3) is 0 Å². The quantitative estimate of drug-likeness (QED) is 0.0694. The van der Waals surface area contributed by atoms with Gasteiger partial charge in [-0.1, -0.05) is 0 Å². The first-order valence-corrected chi connectivity index (χ1v) is 27.9. The second kappa shape index (κ2) is 18.2. The van der Waals surface area contributed by atoms with Crippen LogP contribution in [0.2, 0.25) is 13.1 Å². The van der Waals surface area contributed by atoms with Gasteiger partial charge >= 0.3 is 344 Å². The minimum absolute atomic E-state index is 0.681. The van der Waals surface area contributed by atoms with E-state index < -0.39 is 31.3 Å². The van der Waals surface area contributed by atoms with Crippen LogP contribution in [-0.2, 0) is 36.1 Å². The van der Waals surface area contributed by atoms with Gasteiger partial charge in [0.1, 0.15) is 0 Å². The summed E-state index contributed by atoms with van der Waals surface area (Å²) in [6.45, 7) is 14.9. The van der Waals surface area contributed by atoms with Crippen LogP contribution >= 0.6 is 0 Å². The minimum atomic E-state index is -2.21. The van der Waals surface area contributed by atoms with E-state index in [-0.39, 0.29) is 0 Å². The molecule has 4 aromatic carbocycles. The number of benzene rings is 4. The topological polar surface area (TPSA) is 0 Å². The Labute approximate surface area is 342 Å². The van der Waals surface area contributed by atoms with Gasteiger partial charge in [0, 0.05) is 0 Å². The Morgan fingerprint density at radius 1 is 0.444 bits per heavy atom. The first kappa shape index (κ1) is 39.7. The van der Waals surface area contributed by atoms with Gasteiger partial charge < -0.3 is 0 Å². The van der Waals surface area contributed by atoms with E-state index in [0.29, 0.717) is 7.25 Å². The molecule has 3 aliphatic rings. The molecule has 0 spiro atoms. The summed E-state index contributed by atoms with van der Waals surface area (Å²) in [5.41, 5.74) is 19.4. The van der Waals surface area contributed by atoms with Crippen LogP contribution in [0.15, 0.2) is 96.1 Å². The molecule has 2 atom stereocenters. The normalized spacial score (nSPS) is 18.0. The summed E-state index contributed by atoms with van der Waals surface area (Å²) in [5.74, 6) is 0. The van der Waals surface area contributed by atoms with Crippen LogP contribution in [0.4, 0.5) is 0 Å². The summed E-state index contributed by atoms with van der Waals surface area (Å²) in [6, 6.07) is 34.6. The monoisotopic (exact) mass is 808 g/mol. The number of rotatable bonds is 18. The Kier molecular flexibility index (Phi) is 13.3. The molecule has 0 fully saturated rings. The van der Waals surface area contributed by atoms with E-state index in [1.807, 2.05) is 21.5 Å². The van der Waals surface area contributed by atoms with Gasteiger partial charge in [0.15, 0.2) is 0 Å². The fourth-order valence-corrected chi connectivity index (χ4v) is 20.4. The van der Waals surface area contributed by atoms with Crippen molar-refractivity contribution in [1.82, 2.24) is 0 Å². The Morgan fingerprint density at radius 2 is 0.852 bits per heavy atom. The molecule has 0 saturated heterocycles. The second-order valence-corrected chi connectivity index (χ2v) is 25.1. The molecule has 0 aromatic heterocycles. The van der Waals surface area contributed by atoms with Crippen LogP contribution in [-0.4, -0.2) is 8.07 Å². The zero-order valence-corrected chi connectivity index (χ0v) is 38.0. The van der Waals surface area contributed by atoms with Crippen molar-refractivity contribution in [3.8, 4) is 22.3 Å². The summed E-state index contributed by atoms with van der Waals surface area (Å²) in [5, 5.41) is 3.70. The molecule has 0 saturated carbocycles. The molecule has 0 N–H and O–H groups in total. The van der Waals surface area contributed by atoms with Gasteiger partial charge in [0.2, 0.25) is 0 Å². The molecule has 282 valence electrons. The Hall–Kier alpha value is -2.54. The second-order valence-electron chi connectivity index (χ2n) is 17.2. The zero-order valence-electron chi connectivity index (χ0n) is 34.6. The Balaban J connectivity index is 1.41. The summed E-state index contributed by atoms with van der Waals surface area (Å²) < 4.78 is 1.36. The molecular formula is C52H66SiZr. The molecule has 0 radical (unpaired) electrons. The van der Waals surface area contributed by atoms with E-state index in [1.54, 1.807) is 22.3 Å². The van der Waals surface area contributed by atoms with Gasteiger partial charge in [-0.25, -0.2) is 0 Å². The summed E-state index contributed by atoms with van der Waals surface area (Å²) in [6.07, 6.45) is 20.8. The third kappa shape index (κ3) is 7.87. The van der Waals surface area contributed by atoms with Crippen LogP contribution < -0.4 is 0 Å². The number of hydrogen-bond acceptors (Lipinski definition) is 0. The van der Waals surface area contributed by atoms with Crippen molar-refractivity contribution >= 4 is 18.5 Å². The number of allylic oxidation sites excluding steroid dienone is 2. The van der Waals surface area contributed by atoms with Gasteiger partial charge in [0.05, 0.1) is 0 Å². The predicted molar refractivity (Wildman–Crippen MR) is 235 cm³/mol. The fourth-order valence-electron chi connectivity index (χ4n) is 10.2. The van der Waals surface area contributed by atoms with Crippen molar-refractivity contribution in [2.24, 2.45) is 0 Å². The van der Waals surface area contributed by atoms with Crippen LogP contribution in [0.3, 0.4) is 0 Å². The summed E-state index contributed by atoms with van der Waals surface area (Å²) in [4.78, 5) is 0. The molecular weight excluding hydrogens is 744 g/mol. The van der Waals surface area contributed by atoms with Crippen LogP contribution in [0.25, 0.3) is 32.6 Å². The average molecular weight is 810 g/mol. The van der Waals surface area contributed by atoms with Crippen molar-refractivity contribution in [3.05, 3.63) is 129 Å². The molecule has 7 rings (SSSR count). The van der Waals surface area contributed by atoms with Gasteiger partial charge in [-0.15, -0.1) is 0 Å². The molecule has 1 aliphatic heterocycles. The number of aryl methyl sites for hydroxylation is 2.